The number of rotatable bonds is 6. The lowest BCUT2D eigenvalue weighted by Crippen LogP contribution is -2.41. The zero-order valence-corrected chi connectivity index (χ0v) is 13.9. The van der Waals surface area contributed by atoms with Gasteiger partial charge in [-0.3, -0.25) is 19.5 Å². The van der Waals surface area contributed by atoms with Gasteiger partial charge in [-0.1, -0.05) is 12.1 Å². The lowest BCUT2D eigenvalue weighted by molar-refractivity contribution is 0.0652. The summed E-state index contributed by atoms with van der Waals surface area (Å²) in [5.74, 6) is 0.396. The first kappa shape index (κ1) is 17.0. The molecule has 1 aliphatic heterocycles. The number of nitrogens with zero attached hydrogens (tertiary/aromatic N) is 2. The van der Waals surface area contributed by atoms with E-state index < -0.39 is 0 Å². The van der Waals surface area contributed by atoms with Crippen LogP contribution < -0.4 is 10.6 Å². The molecule has 23 heavy (non-hydrogen) atoms. The molecule has 0 aromatic heterocycles. The molecular weight excluding hydrogens is 292 g/mol. The first-order chi connectivity index (χ1) is 11.0. The summed E-state index contributed by atoms with van der Waals surface area (Å²) in [5.41, 5.74) is 1.02. The van der Waals surface area contributed by atoms with E-state index in [0.717, 1.165) is 25.3 Å². The van der Waals surface area contributed by atoms with Crippen LogP contribution in [-0.2, 0) is 0 Å². The van der Waals surface area contributed by atoms with Crippen molar-refractivity contribution in [3.8, 4) is 0 Å². The van der Waals surface area contributed by atoms with Gasteiger partial charge in [0.05, 0.1) is 11.1 Å². The normalized spacial score (nSPS) is 14.4. The molecule has 2 rings (SSSR count). The molecule has 0 atom stereocenters. The molecule has 0 spiro atoms. The minimum atomic E-state index is -0.184. The van der Waals surface area contributed by atoms with E-state index in [2.05, 4.69) is 29.5 Å². The zero-order chi connectivity index (χ0) is 16.8. The molecule has 0 saturated heterocycles. The fourth-order valence-electron chi connectivity index (χ4n) is 2.51. The summed E-state index contributed by atoms with van der Waals surface area (Å²) in [6.07, 6.45) is 1.61. The van der Waals surface area contributed by atoms with Crippen molar-refractivity contribution in [2.24, 2.45) is 4.99 Å². The van der Waals surface area contributed by atoms with Gasteiger partial charge in [-0.25, -0.2) is 0 Å². The van der Waals surface area contributed by atoms with Crippen LogP contribution in [0.2, 0.25) is 0 Å². The van der Waals surface area contributed by atoms with Gasteiger partial charge in [-0.15, -0.1) is 0 Å². The van der Waals surface area contributed by atoms with Gasteiger partial charge in [0, 0.05) is 26.2 Å². The lowest BCUT2D eigenvalue weighted by Gasteiger charge is -2.16. The first-order valence-corrected chi connectivity index (χ1v) is 7.97. The molecule has 6 heteroatoms. The standard InChI is InChI=1S/C17H24N4O2/c1-12(2)20-17(18-3)19-10-6-7-11-21-15(22)13-8-4-5-9-14(13)16(21)23/h4-5,8-9,12H,6-7,10-11H2,1-3H3,(H2,18,19,20). The topological polar surface area (TPSA) is 73.8 Å². The molecule has 2 N–H and O–H groups in total. The Morgan fingerprint density at radius 1 is 1.13 bits per heavy atom. The van der Waals surface area contributed by atoms with Crippen molar-refractivity contribution in [2.75, 3.05) is 20.1 Å². The molecule has 2 amide bonds. The molecule has 0 radical (unpaired) electrons. The molecule has 0 saturated carbocycles. The number of carbonyl (C=O) groups excluding carboxylic acids is 2. The number of nitrogens with one attached hydrogen (secondary N) is 2. The molecule has 124 valence electrons. The van der Waals surface area contributed by atoms with E-state index >= 15 is 0 Å². The van der Waals surface area contributed by atoms with Gasteiger partial charge in [0.2, 0.25) is 0 Å². The molecule has 0 bridgehead atoms. The second-order valence-electron chi connectivity index (χ2n) is 5.81. The fourth-order valence-corrected chi connectivity index (χ4v) is 2.51. The van der Waals surface area contributed by atoms with Gasteiger partial charge in [-0.05, 0) is 38.8 Å². The van der Waals surface area contributed by atoms with Crippen LogP contribution in [0.4, 0.5) is 0 Å². The molecule has 1 aromatic rings. The van der Waals surface area contributed by atoms with E-state index in [1.807, 2.05) is 0 Å². The van der Waals surface area contributed by atoms with Crippen molar-refractivity contribution in [3.63, 3.8) is 0 Å². The quantitative estimate of drug-likeness (QED) is 0.362. The Kier molecular flexibility index (Phi) is 5.73. The van der Waals surface area contributed by atoms with Gasteiger partial charge < -0.3 is 10.6 Å². The summed E-state index contributed by atoms with van der Waals surface area (Å²) in [4.78, 5) is 29.9. The molecule has 6 nitrogen and oxygen atoms in total. The van der Waals surface area contributed by atoms with Gasteiger partial charge in [0.15, 0.2) is 5.96 Å². The van der Waals surface area contributed by atoms with Crippen LogP contribution in [0.5, 0.6) is 0 Å². The number of imide groups is 1. The van der Waals surface area contributed by atoms with Crippen LogP contribution in [0.1, 0.15) is 47.4 Å². The SMILES string of the molecule is CN=C(NCCCCN1C(=O)c2ccccc2C1=O)NC(C)C. The smallest absolute Gasteiger partial charge is 0.261 e. The van der Waals surface area contributed by atoms with E-state index in [4.69, 9.17) is 0 Å². The lowest BCUT2D eigenvalue weighted by atomic mass is 10.1. The molecule has 0 fully saturated rings. The highest BCUT2D eigenvalue weighted by Gasteiger charge is 2.34. The van der Waals surface area contributed by atoms with Crippen LogP contribution in [0.3, 0.4) is 0 Å². The Balaban J connectivity index is 1.76. The maximum absolute atomic E-state index is 12.2. The third kappa shape index (κ3) is 4.09. The third-order valence-corrected chi connectivity index (χ3v) is 3.63. The monoisotopic (exact) mass is 316 g/mol. The summed E-state index contributed by atoms with van der Waals surface area (Å²) in [5, 5.41) is 6.42. The summed E-state index contributed by atoms with van der Waals surface area (Å²) < 4.78 is 0. The number of hydrogen-bond donors (Lipinski definition) is 2. The molecular formula is C17H24N4O2. The number of benzene rings is 1. The van der Waals surface area contributed by atoms with Crippen LogP contribution in [-0.4, -0.2) is 48.9 Å². The number of unbranched alkanes of at least 4 members (excludes halogenated alkanes) is 1. The van der Waals surface area contributed by atoms with Crippen LogP contribution >= 0.6 is 0 Å². The second-order valence-corrected chi connectivity index (χ2v) is 5.81. The van der Waals surface area contributed by atoms with Crippen LogP contribution in [0.25, 0.3) is 0 Å². The van der Waals surface area contributed by atoms with E-state index in [-0.39, 0.29) is 11.8 Å². The predicted octanol–water partition coefficient (Wildman–Crippen LogP) is 1.64. The predicted molar refractivity (Wildman–Crippen MR) is 90.7 cm³/mol. The third-order valence-electron chi connectivity index (χ3n) is 3.63. The van der Waals surface area contributed by atoms with Crippen LogP contribution in [0, 0.1) is 0 Å². The maximum atomic E-state index is 12.2. The average Bonchev–Trinajstić information content (AvgIpc) is 2.78. The van der Waals surface area contributed by atoms with Crippen LogP contribution in [0.15, 0.2) is 29.3 Å². The summed E-state index contributed by atoms with van der Waals surface area (Å²) >= 11 is 0. The first-order valence-electron chi connectivity index (χ1n) is 7.97. The number of hydrogen-bond acceptors (Lipinski definition) is 3. The van der Waals surface area contributed by atoms with Crippen molar-refractivity contribution in [2.45, 2.75) is 32.7 Å². The molecule has 1 aliphatic rings. The minimum Gasteiger partial charge on any atom is -0.356 e. The molecule has 1 aromatic carbocycles. The van der Waals surface area contributed by atoms with Gasteiger partial charge >= 0.3 is 0 Å². The van der Waals surface area contributed by atoms with Gasteiger partial charge in [0.1, 0.15) is 0 Å². The maximum Gasteiger partial charge on any atom is 0.261 e. The Bertz CT molecular complexity index is 575. The van der Waals surface area contributed by atoms with Crippen molar-refractivity contribution < 1.29 is 9.59 Å². The highest BCUT2D eigenvalue weighted by atomic mass is 16.2. The van der Waals surface area contributed by atoms with E-state index in [9.17, 15) is 9.59 Å². The minimum absolute atomic E-state index is 0.184. The highest BCUT2D eigenvalue weighted by molar-refractivity contribution is 6.21. The molecule has 0 unspecified atom stereocenters. The largest absolute Gasteiger partial charge is 0.356 e. The van der Waals surface area contributed by atoms with E-state index in [1.54, 1.807) is 31.3 Å². The molecule has 0 aliphatic carbocycles. The van der Waals surface area contributed by atoms with Crippen molar-refractivity contribution >= 4 is 17.8 Å². The van der Waals surface area contributed by atoms with Crippen molar-refractivity contribution in [3.05, 3.63) is 35.4 Å². The summed E-state index contributed by atoms with van der Waals surface area (Å²) in [7, 11) is 1.73. The Hall–Kier alpha value is -2.37. The van der Waals surface area contributed by atoms with E-state index in [1.165, 1.54) is 4.90 Å². The Morgan fingerprint density at radius 3 is 2.26 bits per heavy atom. The van der Waals surface area contributed by atoms with Gasteiger partial charge in [0.25, 0.3) is 11.8 Å². The Morgan fingerprint density at radius 2 is 1.74 bits per heavy atom. The molecule has 1 heterocycles. The summed E-state index contributed by atoms with van der Waals surface area (Å²) in [6.45, 7) is 5.30. The van der Waals surface area contributed by atoms with Crippen molar-refractivity contribution in [1.29, 1.82) is 0 Å². The summed E-state index contributed by atoms with van der Waals surface area (Å²) in [6, 6.07) is 7.30. The number of aliphatic imine (C=N–C) groups is 1. The Labute approximate surface area is 137 Å². The zero-order valence-electron chi connectivity index (χ0n) is 13.9. The fraction of sp³-hybridized carbons (Fsp3) is 0.471. The number of guanidine groups is 1. The number of amides is 2. The van der Waals surface area contributed by atoms with Crippen molar-refractivity contribution in [1.82, 2.24) is 15.5 Å². The average molecular weight is 316 g/mol. The number of fused-ring (bicyclic) bond motifs is 1. The van der Waals surface area contributed by atoms with Gasteiger partial charge in [-0.2, -0.15) is 0 Å². The second kappa shape index (κ2) is 7.76. The van der Waals surface area contributed by atoms with E-state index in [0.29, 0.717) is 23.7 Å². The number of carbonyl (C=O) groups is 2. The highest BCUT2D eigenvalue weighted by Crippen LogP contribution is 2.22.